The molecule has 3 aromatic rings. The van der Waals surface area contributed by atoms with E-state index in [1.807, 2.05) is 48.5 Å². The standard InChI is InChI=1S/C21H18ClNO3/c22-18-8-4-15(5-9-18)14-26-20-3-1-2-16(12-20)13-23-19-10-6-17(7-11-19)21(24)25/h1-12,23H,13-14H2,(H,24,25). The van der Waals surface area contributed by atoms with Gasteiger partial charge in [0, 0.05) is 17.3 Å². The van der Waals surface area contributed by atoms with Crippen molar-refractivity contribution in [1.29, 1.82) is 0 Å². The van der Waals surface area contributed by atoms with Crippen LogP contribution < -0.4 is 10.1 Å². The molecule has 0 aliphatic carbocycles. The number of carbonyl (C=O) groups is 1. The van der Waals surface area contributed by atoms with Gasteiger partial charge in [0.25, 0.3) is 0 Å². The summed E-state index contributed by atoms with van der Waals surface area (Å²) < 4.78 is 5.83. The third kappa shape index (κ3) is 5.01. The van der Waals surface area contributed by atoms with Gasteiger partial charge in [-0.05, 0) is 59.7 Å². The predicted octanol–water partition coefficient (Wildman–Crippen LogP) is 5.23. The molecular formula is C21H18ClNO3. The van der Waals surface area contributed by atoms with Crippen LogP contribution in [-0.2, 0) is 13.2 Å². The molecule has 0 heterocycles. The summed E-state index contributed by atoms with van der Waals surface area (Å²) in [5, 5.41) is 12.9. The molecule has 0 bridgehead atoms. The summed E-state index contributed by atoms with van der Waals surface area (Å²) in [7, 11) is 0. The van der Waals surface area contributed by atoms with Crippen LogP contribution in [-0.4, -0.2) is 11.1 Å². The van der Waals surface area contributed by atoms with Crippen molar-refractivity contribution in [1.82, 2.24) is 0 Å². The number of halogens is 1. The highest BCUT2D eigenvalue weighted by atomic mass is 35.5. The van der Waals surface area contributed by atoms with Crippen molar-refractivity contribution in [3.05, 3.63) is 94.5 Å². The molecule has 132 valence electrons. The van der Waals surface area contributed by atoms with Crippen molar-refractivity contribution < 1.29 is 14.6 Å². The summed E-state index contributed by atoms with van der Waals surface area (Å²) in [6.45, 7) is 1.09. The molecule has 0 aromatic heterocycles. The SMILES string of the molecule is O=C(O)c1ccc(NCc2cccc(OCc3ccc(Cl)cc3)c2)cc1. The van der Waals surface area contributed by atoms with E-state index in [0.29, 0.717) is 18.2 Å². The molecular weight excluding hydrogens is 350 g/mol. The predicted molar refractivity (Wildman–Crippen MR) is 103 cm³/mol. The van der Waals surface area contributed by atoms with Gasteiger partial charge in [-0.15, -0.1) is 0 Å². The van der Waals surface area contributed by atoms with Crippen molar-refractivity contribution >= 4 is 23.3 Å². The number of anilines is 1. The first kappa shape index (κ1) is 17.8. The first-order valence-corrected chi connectivity index (χ1v) is 8.51. The van der Waals surface area contributed by atoms with Gasteiger partial charge in [0.2, 0.25) is 0 Å². The number of hydrogen-bond donors (Lipinski definition) is 2. The topological polar surface area (TPSA) is 58.6 Å². The van der Waals surface area contributed by atoms with Crippen LogP contribution in [0.5, 0.6) is 5.75 Å². The van der Waals surface area contributed by atoms with Crippen LogP contribution in [0, 0.1) is 0 Å². The largest absolute Gasteiger partial charge is 0.489 e. The number of benzene rings is 3. The minimum atomic E-state index is -0.929. The Morgan fingerprint density at radius 1 is 0.962 bits per heavy atom. The summed E-state index contributed by atoms with van der Waals surface area (Å²) in [5.41, 5.74) is 3.26. The molecule has 4 nitrogen and oxygen atoms in total. The van der Waals surface area contributed by atoms with Crippen LogP contribution >= 0.6 is 11.6 Å². The zero-order valence-electron chi connectivity index (χ0n) is 14.0. The second-order valence-corrected chi connectivity index (χ2v) is 6.24. The molecule has 0 spiro atoms. The van der Waals surface area contributed by atoms with E-state index in [1.165, 1.54) is 0 Å². The van der Waals surface area contributed by atoms with Crippen LogP contribution in [0.2, 0.25) is 5.02 Å². The van der Waals surface area contributed by atoms with Crippen molar-refractivity contribution in [3.63, 3.8) is 0 Å². The monoisotopic (exact) mass is 367 g/mol. The lowest BCUT2D eigenvalue weighted by molar-refractivity contribution is 0.0697. The Bertz CT molecular complexity index is 877. The summed E-state index contributed by atoms with van der Waals surface area (Å²) in [6, 6.07) is 22.1. The Morgan fingerprint density at radius 3 is 2.38 bits per heavy atom. The molecule has 0 fully saturated rings. The molecule has 0 amide bonds. The van der Waals surface area contributed by atoms with Gasteiger partial charge in [-0.25, -0.2) is 4.79 Å². The molecule has 26 heavy (non-hydrogen) atoms. The Kier molecular flexibility index (Phi) is 5.77. The van der Waals surface area contributed by atoms with Crippen molar-refractivity contribution in [2.75, 3.05) is 5.32 Å². The second kappa shape index (κ2) is 8.41. The Balaban J connectivity index is 1.56. The van der Waals surface area contributed by atoms with Gasteiger partial charge in [-0.1, -0.05) is 35.9 Å². The highest BCUT2D eigenvalue weighted by Gasteiger charge is 2.02. The van der Waals surface area contributed by atoms with E-state index in [2.05, 4.69) is 5.32 Å². The fourth-order valence-corrected chi connectivity index (χ4v) is 2.55. The first-order valence-electron chi connectivity index (χ1n) is 8.13. The molecule has 5 heteroatoms. The Morgan fingerprint density at radius 2 is 1.69 bits per heavy atom. The minimum Gasteiger partial charge on any atom is -0.489 e. The molecule has 0 aliphatic heterocycles. The molecule has 2 N–H and O–H groups in total. The first-order chi connectivity index (χ1) is 12.6. The number of carboxylic acid groups (broad SMARTS) is 1. The zero-order valence-corrected chi connectivity index (χ0v) is 14.7. The molecule has 3 rings (SSSR count). The minimum absolute atomic E-state index is 0.271. The molecule has 0 atom stereocenters. The molecule has 0 unspecified atom stereocenters. The number of aromatic carboxylic acids is 1. The van der Waals surface area contributed by atoms with Crippen LogP contribution in [0.15, 0.2) is 72.8 Å². The van der Waals surface area contributed by atoms with Crippen molar-refractivity contribution in [3.8, 4) is 5.75 Å². The maximum atomic E-state index is 10.9. The summed E-state index contributed by atoms with van der Waals surface area (Å²) in [6.07, 6.45) is 0. The second-order valence-electron chi connectivity index (χ2n) is 5.80. The van der Waals surface area contributed by atoms with Gasteiger partial charge < -0.3 is 15.2 Å². The third-order valence-electron chi connectivity index (χ3n) is 3.85. The highest BCUT2D eigenvalue weighted by Crippen LogP contribution is 2.18. The number of rotatable bonds is 7. The van der Waals surface area contributed by atoms with Crippen LogP contribution in [0.3, 0.4) is 0 Å². The van der Waals surface area contributed by atoms with Crippen LogP contribution in [0.4, 0.5) is 5.69 Å². The quantitative estimate of drug-likeness (QED) is 0.600. The number of carboxylic acids is 1. The van der Waals surface area contributed by atoms with E-state index in [4.69, 9.17) is 21.4 Å². The lowest BCUT2D eigenvalue weighted by Gasteiger charge is -2.10. The highest BCUT2D eigenvalue weighted by molar-refractivity contribution is 6.30. The fraction of sp³-hybridized carbons (Fsp3) is 0.0952. The number of hydrogen-bond acceptors (Lipinski definition) is 3. The molecule has 3 aromatic carbocycles. The molecule has 0 saturated carbocycles. The maximum Gasteiger partial charge on any atom is 0.335 e. The van der Waals surface area contributed by atoms with E-state index in [0.717, 1.165) is 22.6 Å². The van der Waals surface area contributed by atoms with Crippen LogP contribution in [0.1, 0.15) is 21.5 Å². The molecule has 0 aliphatic rings. The van der Waals surface area contributed by atoms with E-state index in [-0.39, 0.29) is 5.56 Å². The van der Waals surface area contributed by atoms with E-state index < -0.39 is 5.97 Å². The average Bonchev–Trinajstić information content (AvgIpc) is 2.66. The summed E-state index contributed by atoms with van der Waals surface area (Å²) in [5.74, 6) is -0.137. The average molecular weight is 368 g/mol. The number of ether oxygens (including phenoxy) is 1. The van der Waals surface area contributed by atoms with Crippen LogP contribution in [0.25, 0.3) is 0 Å². The van der Waals surface area contributed by atoms with Gasteiger partial charge in [0.05, 0.1) is 5.56 Å². The zero-order chi connectivity index (χ0) is 18.4. The van der Waals surface area contributed by atoms with Gasteiger partial charge in [0.15, 0.2) is 0 Å². The van der Waals surface area contributed by atoms with Gasteiger partial charge in [-0.3, -0.25) is 0 Å². The summed E-state index contributed by atoms with van der Waals surface area (Å²) >= 11 is 5.88. The Hall–Kier alpha value is -2.98. The van der Waals surface area contributed by atoms with E-state index in [1.54, 1.807) is 24.3 Å². The third-order valence-corrected chi connectivity index (χ3v) is 4.10. The van der Waals surface area contributed by atoms with Gasteiger partial charge in [0.1, 0.15) is 12.4 Å². The molecule has 0 radical (unpaired) electrons. The van der Waals surface area contributed by atoms with Crippen molar-refractivity contribution in [2.24, 2.45) is 0 Å². The van der Waals surface area contributed by atoms with Gasteiger partial charge in [-0.2, -0.15) is 0 Å². The maximum absolute atomic E-state index is 10.9. The normalized spacial score (nSPS) is 10.3. The lowest BCUT2D eigenvalue weighted by Crippen LogP contribution is -2.01. The molecule has 0 saturated heterocycles. The summed E-state index contributed by atoms with van der Waals surface area (Å²) in [4.78, 5) is 10.9. The fourth-order valence-electron chi connectivity index (χ4n) is 2.43. The van der Waals surface area contributed by atoms with Gasteiger partial charge >= 0.3 is 5.97 Å². The lowest BCUT2D eigenvalue weighted by atomic mass is 10.2. The van der Waals surface area contributed by atoms with Crippen molar-refractivity contribution in [2.45, 2.75) is 13.2 Å². The Labute approximate surface area is 157 Å². The smallest absolute Gasteiger partial charge is 0.335 e. The van der Waals surface area contributed by atoms with E-state index in [9.17, 15) is 4.79 Å². The number of nitrogens with one attached hydrogen (secondary N) is 1. The van der Waals surface area contributed by atoms with E-state index >= 15 is 0 Å².